The summed E-state index contributed by atoms with van der Waals surface area (Å²) >= 11 is 0. The van der Waals surface area contributed by atoms with E-state index in [4.69, 9.17) is 9.47 Å². The molecule has 0 saturated carbocycles. The molecule has 0 bridgehead atoms. The second-order valence-electron chi connectivity index (χ2n) is 4.53. The number of ether oxygens (including phenoxy) is 2. The Morgan fingerprint density at radius 2 is 1.33 bits per heavy atom. The lowest BCUT2D eigenvalue weighted by molar-refractivity contribution is 0.195. The van der Waals surface area contributed by atoms with Crippen molar-refractivity contribution in [2.24, 2.45) is 0 Å². The number of hydrogen-bond acceptors (Lipinski definition) is 2. The van der Waals surface area contributed by atoms with Crippen molar-refractivity contribution in [2.75, 3.05) is 20.3 Å². The summed E-state index contributed by atoms with van der Waals surface area (Å²) in [5, 5.41) is 0. The molecule has 0 saturated heterocycles. The van der Waals surface area contributed by atoms with Gasteiger partial charge in [0, 0.05) is 0 Å². The lowest BCUT2D eigenvalue weighted by Gasteiger charge is -1.99. The van der Waals surface area contributed by atoms with Crippen LogP contribution in [0.5, 0.6) is 5.75 Å². The van der Waals surface area contributed by atoms with Gasteiger partial charge in [0.25, 0.3) is 0 Å². The molecule has 0 unspecified atom stereocenters. The van der Waals surface area contributed by atoms with Crippen LogP contribution in [0, 0.1) is 0 Å². The second-order valence-corrected chi connectivity index (χ2v) is 4.53. The van der Waals surface area contributed by atoms with Crippen molar-refractivity contribution in [3.8, 4) is 5.75 Å². The number of rotatable bonds is 7. The molecule has 2 heteroatoms. The summed E-state index contributed by atoms with van der Waals surface area (Å²) in [4.78, 5) is 0. The van der Waals surface area contributed by atoms with E-state index in [1.165, 1.54) is 5.56 Å². The van der Waals surface area contributed by atoms with E-state index in [2.05, 4.69) is 18.2 Å². The zero-order valence-corrected chi connectivity index (χ0v) is 12.2. The molecule has 2 aromatic rings. The van der Waals surface area contributed by atoms with Gasteiger partial charge < -0.3 is 9.47 Å². The first-order chi connectivity index (χ1) is 10.4. The largest absolute Gasteiger partial charge is 0.497 e. The topological polar surface area (TPSA) is 18.5 Å². The van der Waals surface area contributed by atoms with Crippen LogP contribution in [0.25, 0.3) is 12.2 Å². The predicted molar refractivity (Wildman–Crippen MR) is 88.3 cm³/mol. The standard InChI is InChI=1S/C19H20O2/c1-20-19-13-11-18(12-14-19)10-6-16-21-15-5-9-17-7-3-2-4-8-17/h2-14H,15-16H2,1H3. The number of hydrogen-bond donors (Lipinski definition) is 0. The minimum Gasteiger partial charge on any atom is -0.497 e. The zero-order chi connectivity index (χ0) is 14.8. The van der Waals surface area contributed by atoms with Crippen LogP contribution in [0.3, 0.4) is 0 Å². The Morgan fingerprint density at radius 1 is 0.762 bits per heavy atom. The Bertz CT molecular complexity index is 568. The molecule has 2 nitrogen and oxygen atoms in total. The van der Waals surface area contributed by atoms with E-state index in [1.807, 2.05) is 60.7 Å². The Kier molecular flexibility index (Phi) is 6.30. The van der Waals surface area contributed by atoms with Crippen LogP contribution in [0.1, 0.15) is 11.1 Å². The monoisotopic (exact) mass is 280 g/mol. The van der Waals surface area contributed by atoms with Crippen LogP contribution in [0.15, 0.2) is 66.7 Å². The summed E-state index contributed by atoms with van der Waals surface area (Å²) in [7, 11) is 1.67. The fourth-order valence-electron chi connectivity index (χ4n) is 1.85. The first kappa shape index (κ1) is 15.1. The molecule has 0 radical (unpaired) electrons. The van der Waals surface area contributed by atoms with E-state index in [0.29, 0.717) is 13.2 Å². The van der Waals surface area contributed by atoms with Crippen LogP contribution in [-0.4, -0.2) is 20.3 Å². The van der Waals surface area contributed by atoms with Gasteiger partial charge >= 0.3 is 0 Å². The van der Waals surface area contributed by atoms with Crippen molar-refractivity contribution in [1.29, 1.82) is 0 Å². The van der Waals surface area contributed by atoms with Gasteiger partial charge in [0.1, 0.15) is 5.75 Å². The molecule has 0 aromatic heterocycles. The molecule has 2 aromatic carbocycles. The fourth-order valence-corrected chi connectivity index (χ4v) is 1.85. The Morgan fingerprint density at radius 3 is 1.90 bits per heavy atom. The molecule has 0 heterocycles. The molecule has 0 atom stereocenters. The van der Waals surface area contributed by atoms with E-state index in [9.17, 15) is 0 Å². The Balaban J connectivity index is 1.67. The lowest BCUT2D eigenvalue weighted by Crippen LogP contribution is -1.90. The molecular formula is C19H20O2. The smallest absolute Gasteiger partial charge is 0.118 e. The molecular weight excluding hydrogens is 260 g/mol. The van der Waals surface area contributed by atoms with Crippen LogP contribution in [-0.2, 0) is 4.74 Å². The molecule has 2 rings (SSSR count). The van der Waals surface area contributed by atoms with Crippen molar-refractivity contribution >= 4 is 12.2 Å². The summed E-state index contributed by atoms with van der Waals surface area (Å²) in [5.41, 5.74) is 2.33. The molecule has 21 heavy (non-hydrogen) atoms. The molecule has 0 aliphatic heterocycles. The third-order valence-corrected chi connectivity index (χ3v) is 2.96. The first-order valence-corrected chi connectivity index (χ1v) is 6.98. The molecule has 0 fully saturated rings. The Hall–Kier alpha value is -2.32. The maximum absolute atomic E-state index is 5.52. The molecule has 108 valence electrons. The molecule has 0 aliphatic rings. The van der Waals surface area contributed by atoms with Crippen molar-refractivity contribution < 1.29 is 9.47 Å². The second kappa shape index (κ2) is 8.77. The van der Waals surface area contributed by atoms with E-state index in [1.54, 1.807) is 7.11 Å². The highest BCUT2D eigenvalue weighted by Gasteiger charge is 1.89. The maximum Gasteiger partial charge on any atom is 0.118 e. The van der Waals surface area contributed by atoms with E-state index < -0.39 is 0 Å². The number of methoxy groups -OCH3 is 1. The predicted octanol–water partition coefficient (Wildman–Crippen LogP) is 4.44. The first-order valence-electron chi connectivity index (χ1n) is 6.98. The normalized spacial score (nSPS) is 11.3. The summed E-state index contributed by atoms with van der Waals surface area (Å²) < 4.78 is 10.6. The average molecular weight is 280 g/mol. The van der Waals surface area contributed by atoms with Crippen molar-refractivity contribution in [1.82, 2.24) is 0 Å². The Labute approximate surface area is 126 Å². The minimum absolute atomic E-state index is 0.602. The quantitative estimate of drug-likeness (QED) is 0.698. The molecule has 0 spiro atoms. The van der Waals surface area contributed by atoms with Crippen molar-refractivity contribution in [2.45, 2.75) is 0 Å². The highest BCUT2D eigenvalue weighted by atomic mass is 16.5. The maximum atomic E-state index is 5.52. The zero-order valence-electron chi connectivity index (χ0n) is 12.2. The third kappa shape index (κ3) is 5.67. The van der Waals surface area contributed by atoms with Crippen LogP contribution in [0.4, 0.5) is 0 Å². The minimum atomic E-state index is 0.602. The average Bonchev–Trinajstić information content (AvgIpc) is 2.55. The van der Waals surface area contributed by atoms with Crippen LogP contribution >= 0.6 is 0 Å². The summed E-state index contributed by atoms with van der Waals surface area (Å²) in [6, 6.07) is 18.1. The van der Waals surface area contributed by atoms with Gasteiger partial charge in [-0.15, -0.1) is 0 Å². The van der Waals surface area contributed by atoms with Crippen LogP contribution < -0.4 is 4.74 Å². The van der Waals surface area contributed by atoms with Crippen molar-refractivity contribution in [3.63, 3.8) is 0 Å². The van der Waals surface area contributed by atoms with Gasteiger partial charge in [-0.05, 0) is 23.3 Å². The highest BCUT2D eigenvalue weighted by Crippen LogP contribution is 2.12. The van der Waals surface area contributed by atoms with Gasteiger partial charge in [-0.1, -0.05) is 66.8 Å². The lowest BCUT2D eigenvalue weighted by atomic mass is 10.2. The molecule has 0 amide bonds. The summed E-state index contributed by atoms with van der Waals surface area (Å²) in [5.74, 6) is 0.870. The van der Waals surface area contributed by atoms with Gasteiger partial charge in [0.2, 0.25) is 0 Å². The highest BCUT2D eigenvalue weighted by molar-refractivity contribution is 5.50. The van der Waals surface area contributed by atoms with Gasteiger partial charge in [-0.25, -0.2) is 0 Å². The van der Waals surface area contributed by atoms with Crippen molar-refractivity contribution in [3.05, 3.63) is 77.9 Å². The van der Waals surface area contributed by atoms with Gasteiger partial charge in [0.15, 0.2) is 0 Å². The number of benzene rings is 2. The fraction of sp³-hybridized carbons (Fsp3) is 0.158. The van der Waals surface area contributed by atoms with Gasteiger partial charge in [0.05, 0.1) is 20.3 Å². The van der Waals surface area contributed by atoms with Crippen LogP contribution in [0.2, 0.25) is 0 Å². The van der Waals surface area contributed by atoms with Gasteiger partial charge in [-0.3, -0.25) is 0 Å². The molecule has 0 N–H and O–H groups in total. The van der Waals surface area contributed by atoms with E-state index >= 15 is 0 Å². The van der Waals surface area contributed by atoms with Gasteiger partial charge in [-0.2, -0.15) is 0 Å². The molecule has 0 aliphatic carbocycles. The van der Waals surface area contributed by atoms with E-state index in [-0.39, 0.29) is 0 Å². The van der Waals surface area contributed by atoms with E-state index in [0.717, 1.165) is 11.3 Å². The summed E-state index contributed by atoms with van der Waals surface area (Å²) in [6.45, 7) is 1.22. The third-order valence-electron chi connectivity index (χ3n) is 2.96. The summed E-state index contributed by atoms with van der Waals surface area (Å²) in [6.07, 6.45) is 8.14. The SMILES string of the molecule is COc1ccc(C=CCOCC=Cc2ccccc2)cc1.